The summed E-state index contributed by atoms with van der Waals surface area (Å²) in [6.45, 7) is 0. The van der Waals surface area contributed by atoms with Gasteiger partial charge in [-0.1, -0.05) is 12.1 Å². The van der Waals surface area contributed by atoms with Gasteiger partial charge < -0.3 is 0 Å². The van der Waals surface area contributed by atoms with Crippen LogP contribution in [0.5, 0.6) is 0 Å². The van der Waals surface area contributed by atoms with Crippen molar-refractivity contribution in [3.05, 3.63) is 47.4 Å². The van der Waals surface area contributed by atoms with Crippen LogP contribution in [0.2, 0.25) is 0 Å². The van der Waals surface area contributed by atoms with Crippen LogP contribution in [0.3, 0.4) is 0 Å². The van der Waals surface area contributed by atoms with Crippen LogP contribution < -0.4 is 0 Å². The summed E-state index contributed by atoms with van der Waals surface area (Å²) in [5.41, 5.74) is 5.20. The Hall–Kier alpha value is -1.35. The molecule has 2 nitrogen and oxygen atoms in total. The zero-order valence-corrected chi connectivity index (χ0v) is 11.2. The van der Waals surface area contributed by atoms with Crippen LogP contribution >= 0.6 is 12.6 Å². The summed E-state index contributed by atoms with van der Waals surface area (Å²) in [6.07, 6.45) is 6.87. The molecular formula is C15H16N2S. The van der Waals surface area contributed by atoms with Crippen LogP contribution in [0.15, 0.2) is 30.5 Å². The number of aromatic nitrogens is 2. The minimum absolute atomic E-state index is 0.582. The number of fused-ring (bicyclic) bond motifs is 1. The maximum Gasteiger partial charge on any atom is 0.138 e. The van der Waals surface area contributed by atoms with Crippen molar-refractivity contribution in [2.75, 3.05) is 0 Å². The SMILES string of the molecule is SCc1nccc(-c2ccc3c(c2)CCCC3)n1. The molecule has 3 rings (SSSR count). The maximum absolute atomic E-state index is 4.52. The number of rotatable bonds is 2. The summed E-state index contributed by atoms with van der Waals surface area (Å²) in [5, 5.41) is 0. The highest BCUT2D eigenvalue weighted by Crippen LogP contribution is 2.26. The topological polar surface area (TPSA) is 25.8 Å². The third kappa shape index (κ3) is 2.27. The second-order valence-corrected chi connectivity index (χ2v) is 5.02. The smallest absolute Gasteiger partial charge is 0.138 e. The quantitative estimate of drug-likeness (QED) is 0.833. The molecule has 0 spiro atoms. The molecule has 2 aromatic rings. The van der Waals surface area contributed by atoms with Gasteiger partial charge in [0, 0.05) is 11.8 Å². The van der Waals surface area contributed by atoms with Crippen molar-refractivity contribution >= 4 is 12.6 Å². The molecule has 0 saturated carbocycles. The highest BCUT2D eigenvalue weighted by atomic mass is 32.1. The number of nitrogens with zero attached hydrogens (tertiary/aromatic N) is 2. The van der Waals surface area contributed by atoms with E-state index < -0.39 is 0 Å². The molecule has 18 heavy (non-hydrogen) atoms. The second kappa shape index (κ2) is 5.11. The van der Waals surface area contributed by atoms with E-state index in [1.54, 1.807) is 0 Å². The van der Waals surface area contributed by atoms with Gasteiger partial charge in [0.1, 0.15) is 5.82 Å². The van der Waals surface area contributed by atoms with Gasteiger partial charge in [-0.25, -0.2) is 9.97 Å². The van der Waals surface area contributed by atoms with Crippen LogP contribution in [0.4, 0.5) is 0 Å². The monoisotopic (exact) mass is 256 g/mol. The van der Waals surface area contributed by atoms with Crippen LogP contribution in [0.25, 0.3) is 11.3 Å². The molecule has 1 aliphatic carbocycles. The Balaban J connectivity index is 2.00. The zero-order chi connectivity index (χ0) is 12.4. The molecule has 0 amide bonds. The Morgan fingerprint density at radius 1 is 1.06 bits per heavy atom. The van der Waals surface area contributed by atoms with Crippen LogP contribution in [0, 0.1) is 0 Å². The molecule has 92 valence electrons. The second-order valence-electron chi connectivity index (χ2n) is 4.71. The summed E-state index contributed by atoms with van der Waals surface area (Å²) in [6, 6.07) is 8.69. The van der Waals surface area contributed by atoms with E-state index in [-0.39, 0.29) is 0 Å². The molecule has 0 radical (unpaired) electrons. The van der Waals surface area contributed by atoms with E-state index in [4.69, 9.17) is 0 Å². The first kappa shape index (κ1) is 11.7. The van der Waals surface area contributed by atoms with Crippen LogP contribution in [-0.2, 0) is 18.6 Å². The van der Waals surface area contributed by atoms with Crippen LogP contribution in [-0.4, -0.2) is 9.97 Å². The van der Waals surface area contributed by atoms with Crippen molar-refractivity contribution in [1.82, 2.24) is 9.97 Å². The third-order valence-electron chi connectivity index (χ3n) is 3.49. The third-order valence-corrected chi connectivity index (χ3v) is 3.77. The van der Waals surface area contributed by atoms with Crippen molar-refractivity contribution in [1.29, 1.82) is 0 Å². The number of benzene rings is 1. The molecule has 1 aromatic carbocycles. The van der Waals surface area contributed by atoms with Crippen molar-refractivity contribution < 1.29 is 0 Å². The van der Waals surface area contributed by atoms with Crippen molar-refractivity contribution in [2.45, 2.75) is 31.4 Å². The number of thiol groups is 1. The van der Waals surface area contributed by atoms with E-state index in [1.807, 2.05) is 12.3 Å². The Morgan fingerprint density at radius 2 is 1.89 bits per heavy atom. The molecule has 3 heteroatoms. The van der Waals surface area contributed by atoms with Crippen molar-refractivity contribution in [3.8, 4) is 11.3 Å². The largest absolute Gasteiger partial charge is 0.240 e. The minimum Gasteiger partial charge on any atom is -0.240 e. The van der Waals surface area contributed by atoms with E-state index in [2.05, 4.69) is 40.8 Å². The van der Waals surface area contributed by atoms with Gasteiger partial charge >= 0.3 is 0 Å². The molecule has 1 aromatic heterocycles. The van der Waals surface area contributed by atoms with Crippen molar-refractivity contribution in [3.63, 3.8) is 0 Å². The molecular weight excluding hydrogens is 240 g/mol. The lowest BCUT2D eigenvalue weighted by Crippen LogP contribution is -2.02. The van der Waals surface area contributed by atoms with E-state index >= 15 is 0 Å². The Morgan fingerprint density at radius 3 is 2.72 bits per heavy atom. The Bertz CT molecular complexity index is 566. The highest BCUT2D eigenvalue weighted by Gasteiger charge is 2.10. The maximum atomic E-state index is 4.52. The van der Waals surface area contributed by atoms with Gasteiger partial charge in [-0.2, -0.15) is 12.6 Å². The zero-order valence-electron chi connectivity index (χ0n) is 10.3. The normalized spacial score (nSPS) is 14.3. The Labute approximate surface area is 113 Å². The van der Waals surface area contributed by atoms with Gasteiger partial charge in [0.25, 0.3) is 0 Å². The first-order valence-electron chi connectivity index (χ1n) is 6.42. The molecule has 1 heterocycles. The summed E-state index contributed by atoms with van der Waals surface area (Å²) >= 11 is 4.22. The van der Waals surface area contributed by atoms with Crippen molar-refractivity contribution in [2.24, 2.45) is 0 Å². The van der Waals surface area contributed by atoms with E-state index in [0.717, 1.165) is 11.5 Å². The summed E-state index contributed by atoms with van der Waals surface area (Å²) in [4.78, 5) is 8.71. The molecule has 0 atom stereocenters. The van der Waals surface area contributed by atoms with E-state index in [1.165, 1.54) is 42.4 Å². The lowest BCUT2D eigenvalue weighted by atomic mass is 9.90. The Kier molecular flexibility index (Phi) is 3.33. The number of hydrogen-bond donors (Lipinski definition) is 1. The van der Waals surface area contributed by atoms with Gasteiger partial charge in [-0.05, 0) is 48.9 Å². The highest BCUT2D eigenvalue weighted by molar-refractivity contribution is 7.79. The first-order chi connectivity index (χ1) is 8.86. The summed E-state index contributed by atoms with van der Waals surface area (Å²) < 4.78 is 0. The lowest BCUT2D eigenvalue weighted by molar-refractivity contribution is 0.686. The predicted octanol–water partition coefficient (Wildman–Crippen LogP) is 3.45. The minimum atomic E-state index is 0.582. The molecule has 0 N–H and O–H groups in total. The molecule has 0 unspecified atom stereocenters. The molecule has 0 aliphatic heterocycles. The van der Waals surface area contributed by atoms with E-state index in [0.29, 0.717) is 5.75 Å². The van der Waals surface area contributed by atoms with Gasteiger partial charge in [0.2, 0.25) is 0 Å². The van der Waals surface area contributed by atoms with E-state index in [9.17, 15) is 0 Å². The fourth-order valence-corrected chi connectivity index (χ4v) is 2.68. The van der Waals surface area contributed by atoms with Gasteiger partial charge in [0.15, 0.2) is 0 Å². The fraction of sp³-hybridized carbons (Fsp3) is 0.333. The fourth-order valence-electron chi connectivity index (χ4n) is 2.53. The summed E-state index contributed by atoms with van der Waals surface area (Å²) in [5.74, 6) is 1.37. The predicted molar refractivity (Wildman–Crippen MR) is 76.8 cm³/mol. The average Bonchev–Trinajstić information content (AvgIpc) is 2.47. The number of hydrogen-bond acceptors (Lipinski definition) is 3. The molecule has 0 fully saturated rings. The van der Waals surface area contributed by atoms with Crippen LogP contribution in [0.1, 0.15) is 29.8 Å². The standard InChI is InChI=1S/C15H16N2S/c18-10-15-16-8-7-14(17-15)13-6-5-11-3-1-2-4-12(11)9-13/h5-9,18H,1-4,10H2. The molecule has 1 aliphatic rings. The number of aryl methyl sites for hydroxylation is 2. The van der Waals surface area contributed by atoms with Gasteiger partial charge in [-0.15, -0.1) is 0 Å². The average molecular weight is 256 g/mol. The lowest BCUT2D eigenvalue weighted by Gasteiger charge is -2.16. The van der Waals surface area contributed by atoms with Gasteiger partial charge in [-0.3, -0.25) is 0 Å². The summed E-state index contributed by atoms with van der Waals surface area (Å²) in [7, 11) is 0. The molecule has 0 bridgehead atoms. The molecule has 0 saturated heterocycles. The van der Waals surface area contributed by atoms with Gasteiger partial charge in [0.05, 0.1) is 11.4 Å². The first-order valence-corrected chi connectivity index (χ1v) is 7.05.